The predicted molar refractivity (Wildman–Crippen MR) is 72.0 cm³/mol. The number of nitrogens with two attached hydrogens (primary N) is 1. The van der Waals surface area contributed by atoms with Gasteiger partial charge in [0, 0.05) is 20.1 Å². The average Bonchev–Trinajstić information content (AvgIpc) is 2.81. The molecule has 1 atom stereocenters. The molecule has 104 valence electrons. The van der Waals surface area contributed by atoms with Crippen molar-refractivity contribution in [1.29, 1.82) is 0 Å². The van der Waals surface area contributed by atoms with Crippen LogP contribution in [-0.4, -0.2) is 43.1 Å². The van der Waals surface area contributed by atoms with Gasteiger partial charge in [-0.15, -0.1) is 0 Å². The van der Waals surface area contributed by atoms with Crippen LogP contribution < -0.4 is 20.7 Å². The summed E-state index contributed by atoms with van der Waals surface area (Å²) in [5.74, 6) is 1.45. The Balaban J connectivity index is 2.27. The van der Waals surface area contributed by atoms with E-state index in [1.54, 1.807) is 7.05 Å². The molecule has 1 amide bonds. The minimum atomic E-state index is -0.417. The van der Waals surface area contributed by atoms with Crippen molar-refractivity contribution < 1.29 is 9.53 Å². The summed E-state index contributed by atoms with van der Waals surface area (Å²) < 4.78 is 5.25. The third-order valence-electron chi connectivity index (χ3n) is 3.56. The van der Waals surface area contributed by atoms with Gasteiger partial charge in [0.25, 0.3) is 0 Å². The van der Waals surface area contributed by atoms with Gasteiger partial charge in [-0.3, -0.25) is 4.79 Å². The molecule has 3 N–H and O–H groups in total. The van der Waals surface area contributed by atoms with Gasteiger partial charge < -0.3 is 20.7 Å². The van der Waals surface area contributed by atoms with Gasteiger partial charge in [0.05, 0.1) is 12.5 Å². The van der Waals surface area contributed by atoms with Gasteiger partial charge in [-0.2, -0.15) is 0 Å². The van der Waals surface area contributed by atoms with Crippen molar-refractivity contribution in [3.05, 3.63) is 6.33 Å². The van der Waals surface area contributed by atoms with E-state index in [0.29, 0.717) is 23.9 Å². The van der Waals surface area contributed by atoms with Crippen molar-refractivity contribution in [3.63, 3.8) is 0 Å². The van der Waals surface area contributed by atoms with Crippen molar-refractivity contribution in [1.82, 2.24) is 15.3 Å². The lowest BCUT2D eigenvalue weighted by Crippen LogP contribution is -2.39. The highest BCUT2D eigenvalue weighted by molar-refractivity contribution is 5.83. The molecule has 0 bridgehead atoms. The molecule has 0 aromatic carbocycles. The Morgan fingerprint density at radius 1 is 1.58 bits per heavy atom. The maximum atomic E-state index is 11.9. The molecular weight excluding hydrogens is 246 g/mol. The lowest BCUT2D eigenvalue weighted by atomic mass is 9.89. The van der Waals surface area contributed by atoms with E-state index in [1.807, 2.05) is 11.8 Å². The molecule has 0 aliphatic carbocycles. The second kappa shape index (κ2) is 4.91. The van der Waals surface area contributed by atoms with Crippen molar-refractivity contribution in [2.75, 3.05) is 37.9 Å². The Morgan fingerprint density at radius 3 is 2.95 bits per heavy atom. The van der Waals surface area contributed by atoms with Crippen LogP contribution in [0.15, 0.2) is 6.33 Å². The fourth-order valence-electron chi connectivity index (χ4n) is 2.43. The van der Waals surface area contributed by atoms with E-state index in [-0.39, 0.29) is 5.91 Å². The largest absolute Gasteiger partial charge is 0.490 e. The fourth-order valence-corrected chi connectivity index (χ4v) is 2.43. The first-order chi connectivity index (χ1) is 9.01. The lowest BCUT2D eigenvalue weighted by Gasteiger charge is -2.24. The van der Waals surface area contributed by atoms with Gasteiger partial charge in [-0.25, -0.2) is 9.97 Å². The second-order valence-corrected chi connectivity index (χ2v) is 4.93. The Morgan fingerprint density at radius 2 is 2.32 bits per heavy atom. The van der Waals surface area contributed by atoms with Crippen molar-refractivity contribution in [3.8, 4) is 5.75 Å². The summed E-state index contributed by atoms with van der Waals surface area (Å²) in [7, 11) is 3.19. The lowest BCUT2D eigenvalue weighted by molar-refractivity contribution is -0.128. The van der Waals surface area contributed by atoms with Crippen LogP contribution in [0, 0.1) is 5.41 Å². The minimum absolute atomic E-state index is 0.0380. The van der Waals surface area contributed by atoms with Gasteiger partial charge >= 0.3 is 0 Å². The number of hydrogen-bond donors (Lipinski definition) is 2. The molecule has 2 rings (SSSR count). The molecule has 1 aliphatic heterocycles. The molecule has 1 saturated heterocycles. The standard InChI is InChI=1S/C12H19N5O2/c1-12(11(18)14-2)4-5-17(6-12)10-8(19-3)9(13)15-7-16-10/h7H,4-6H2,1-3H3,(H,14,18)(H2,13,15,16). The zero-order valence-electron chi connectivity index (χ0n) is 11.4. The maximum Gasteiger partial charge on any atom is 0.227 e. The van der Waals surface area contributed by atoms with Crippen LogP contribution in [0.2, 0.25) is 0 Å². The summed E-state index contributed by atoms with van der Waals surface area (Å²) in [5, 5.41) is 2.71. The van der Waals surface area contributed by atoms with E-state index in [0.717, 1.165) is 13.0 Å². The first-order valence-electron chi connectivity index (χ1n) is 6.13. The summed E-state index contributed by atoms with van der Waals surface area (Å²) in [4.78, 5) is 22.0. The van der Waals surface area contributed by atoms with Gasteiger partial charge in [-0.05, 0) is 13.3 Å². The van der Waals surface area contributed by atoms with E-state index in [9.17, 15) is 4.79 Å². The molecule has 7 nitrogen and oxygen atoms in total. The third kappa shape index (κ3) is 2.27. The van der Waals surface area contributed by atoms with E-state index in [4.69, 9.17) is 10.5 Å². The number of hydrogen-bond acceptors (Lipinski definition) is 6. The number of amides is 1. The van der Waals surface area contributed by atoms with E-state index in [1.165, 1.54) is 13.4 Å². The summed E-state index contributed by atoms with van der Waals surface area (Å²) in [6.45, 7) is 3.26. The number of carbonyl (C=O) groups excluding carboxylic acids is 1. The van der Waals surface area contributed by atoms with Gasteiger partial charge in [0.15, 0.2) is 11.6 Å². The molecule has 0 spiro atoms. The SMILES string of the molecule is CNC(=O)C1(C)CCN(c2ncnc(N)c2OC)C1. The minimum Gasteiger partial charge on any atom is -0.490 e. The van der Waals surface area contributed by atoms with E-state index < -0.39 is 5.41 Å². The molecule has 7 heteroatoms. The number of nitrogen functional groups attached to an aromatic ring is 1. The van der Waals surface area contributed by atoms with Gasteiger partial charge in [0.1, 0.15) is 6.33 Å². The number of anilines is 2. The smallest absolute Gasteiger partial charge is 0.227 e. The van der Waals surface area contributed by atoms with Crippen LogP contribution >= 0.6 is 0 Å². The topological polar surface area (TPSA) is 93.4 Å². The van der Waals surface area contributed by atoms with E-state index in [2.05, 4.69) is 15.3 Å². The zero-order chi connectivity index (χ0) is 14.0. The van der Waals surface area contributed by atoms with Gasteiger partial charge in [-0.1, -0.05) is 0 Å². The molecule has 1 aromatic rings. The quantitative estimate of drug-likeness (QED) is 0.801. The molecule has 0 saturated carbocycles. The molecular formula is C12H19N5O2. The zero-order valence-corrected chi connectivity index (χ0v) is 11.4. The predicted octanol–water partition coefficient (Wildman–Crippen LogP) is 0.0298. The number of nitrogens with one attached hydrogen (secondary N) is 1. The Hall–Kier alpha value is -2.05. The number of aromatic nitrogens is 2. The Bertz CT molecular complexity index is 493. The van der Waals surface area contributed by atoms with Crippen molar-refractivity contribution >= 4 is 17.5 Å². The van der Waals surface area contributed by atoms with Gasteiger partial charge in [0.2, 0.25) is 11.7 Å². The van der Waals surface area contributed by atoms with Crippen molar-refractivity contribution in [2.45, 2.75) is 13.3 Å². The summed E-state index contributed by atoms with van der Waals surface area (Å²) >= 11 is 0. The Kier molecular flexibility index (Phi) is 3.46. The number of methoxy groups -OCH3 is 1. The normalized spacial score (nSPS) is 22.4. The fraction of sp³-hybridized carbons (Fsp3) is 0.583. The number of carbonyl (C=O) groups is 1. The third-order valence-corrected chi connectivity index (χ3v) is 3.56. The van der Waals surface area contributed by atoms with Crippen LogP contribution in [0.4, 0.5) is 11.6 Å². The first kappa shape index (κ1) is 13.4. The van der Waals surface area contributed by atoms with E-state index >= 15 is 0 Å². The maximum absolute atomic E-state index is 11.9. The van der Waals surface area contributed by atoms with Crippen LogP contribution in [0.3, 0.4) is 0 Å². The van der Waals surface area contributed by atoms with Crippen LogP contribution in [-0.2, 0) is 4.79 Å². The van der Waals surface area contributed by atoms with Crippen LogP contribution in [0.25, 0.3) is 0 Å². The Labute approximate surface area is 112 Å². The average molecular weight is 265 g/mol. The summed E-state index contributed by atoms with van der Waals surface area (Å²) in [6.07, 6.45) is 2.17. The highest BCUT2D eigenvalue weighted by atomic mass is 16.5. The number of nitrogens with zero attached hydrogens (tertiary/aromatic N) is 3. The molecule has 0 radical (unpaired) electrons. The second-order valence-electron chi connectivity index (χ2n) is 4.93. The molecule has 1 aliphatic rings. The summed E-state index contributed by atoms with van der Waals surface area (Å²) in [5.41, 5.74) is 5.35. The molecule has 19 heavy (non-hydrogen) atoms. The first-order valence-corrected chi connectivity index (χ1v) is 6.13. The molecule has 1 unspecified atom stereocenters. The molecule has 1 fully saturated rings. The molecule has 1 aromatic heterocycles. The highest BCUT2D eigenvalue weighted by Gasteiger charge is 2.41. The van der Waals surface area contributed by atoms with Crippen LogP contribution in [0.1, 0.15) is 13.3 Å². The summed E-state index contributed by atoms with van der Waals surface area (Å²) in [6, 6.07) is 0. The number of rotatable bonds is 3. The van der Waals surface area contributed by atoms with Crippen LogP contribution in [0.5, 0.6) is 5.75 Å². The van der Waals surface area contributed by atoms with Crippen molar-refractivity contribution in [2.24, 2.45) is 5.41 Å². The monoisotopic (exact) mass is 265 g/mol. The molecule has 2 heterocycles. The highest BCUT2D eigenvalue weighted by Crippen LogP contribution is 2.37. The number of ether oxygens (including phenoxy) is 1.